The van der Waals surface area contributed by atoms with E-state index in [2.05, 4.69) is 4.98 Å². The Labute approximate surface area is 115 Å². The van der Waals surface area contributed by atoms with Crippen LogP contribution in [0.4, 0.5) is 5.82 Å². The largest absolute Gasteiger partial charge is 0.381 e. The summed E-state index contributed by atoms with van der Waals surface area (Å²) in [5.74, 6) is -0.398. The predicted molar refractivity (Wildman–Crippen MR) is 71.8 cm³/mol. The normalized spacial score (nSPS) is 10.2. The summed E-state index contributed by atoms with van der Waals surface area (Å²) in [5.41, 5.74) is 1.03. The van der Waals surface area contributed by atoms with Crippen molar-refractivity contribution in [2.45, 2.75) is 13.1 Å². The molecule has 7 nitrogen and oxygen atoms in total. The van der Waals surface area contributed by atoms with Gasteiger partial charge in [0.1, 0.15) is 12.7 Å². The molecule has 0 aliphatic carbocycles. The molecule has 104 valence electrons. The first kappa shape index (κ1) is 13.7. The van der Waals surface area contributed by atoms with Crippen molar-refractivity contribution in [3.05, 3.63) is 58.5 Å². The zero-order valence-corrected chi connectivity index (χ0v) is 11.0. The van der Waals surface area contributed by atoms with Crippen LogP contribution in [0.1, 0.15) is 5.56 Å². The molecule has 1 aromatic carbocycles. The SMILES string of the molecule is CN(Cc1ccccc1)C(=O)Cn1cnc([N+](=O)[O-])c1. The molecule has 0 saturated carbocycles. The van der Waals surface area contributed by atoms with E-state index in [1.807, 2.05) is 30.3 Å². The molecule has 1 amide bonds. The molecule has 2 aromatic rings. The van der Waals surface area contributed by atoms with Gasteiger partial charge in [0.2, 0.25) is 12.2 Å². The van der Waals surface area contributed by atoms with Crippen LogP contribution in [0.5, 0.6) is 0 Å². The van der Waals surface area contributed by atoms with Gasteiger partial charge in [-0.15, -0.1) is 0 Å². The number of carbonyl (C=O) groups is 1. The monoisotopic (exact) mass is 274 g/mol. The predicted octanol–water partition coefficient (Wildman–Crippen LogP) is 1.45. The maximum atomic E-state index is 12.0. The Kier molecular flexibility index (Phi) is 4.09. The van der Waals surface area contributed by atoms with E-state index in [1.54, 1.807) is 11.9 Å². The number of hydrogen-bond acceptors (Lipinski definition) is 4. The van der Waals surface area contributed by atoms with Gasteiger partial charge in [0, 0.05) is 13.6 Å². The molecule has 0 aliphatic rings. The van der Waals surface area contributed by atoms with E-state index < -0.39 is 4.92 Å². The molecular weight excluding hydrogens is 260 g/mol. The molecule has 0 saturated heterocycles. The highest BCUT2D eigenvalue weighted by Crippen LogP contribution is 2.07. The van der Waals surface area contributed by atoms with Crippen LogP contribution >= 0.6 is 0 Å². The Morgan fingerprint density at radius 1 is 1.40 bits per heavy atom. The number of nitrogens with zero attached hydrogens (tertiary/aromatic N) is 4. The van der Waals surface area contributed by atoms with Crippen molar-refractivity contribution in [1.29, 1.82) is 0 Å². The molecule has 1 aromatic heterocycles. The van der Waals surface area contributed by atoms with Crippen molar-refractivity contribution < 1.29 is 9.72 Å². The summed E-state index contributed by atoms with van der Waals surface area (Å²) in [5, 5.41) is 10.5. The van der Waals surface area contributed by atoms with Gasteiger partial charge in [-0.3, -0.25) is 4.79 Å². The third kappa shape index (κ3) is 3.41. The van der Waals surface area contributed by atoms with E-state index in [4.69, 9.17) is 0 Å². The Morgan fingerprint density at radius 3 is 2.70 bits per heavy atom. The lowest BCUT2D eigenvalue weighted by atomic mass is 10.2. The maximum absolute atomic E-state index is 12.0. The highest BCUT2D eigenvalue weighted by Gasteiger charge is 2.14. The van der Waals surface area contributed by atoms with Gasteiger partial charge >= 0.3 is 5.82 Å². The summed E-state index contributed by atoms with van der Waals surface area (Å²) >= 11 is 0. The average molecular weight is 274 g/mol. The number of carbonyl (C=O) groups excluding carboxylic acids is 1. The number of benzene rings is 1. The Bertz CT molecular complexity index is 609. The summed E-state index contributed by atoms with van der Waals surface area (Å²) < 4.78 is 1.40. The Morgan fingerprint density at radius 2 is 2.10 bits per heavy atom. The number of amides is 1. The molecule has 0 aliphatic heterocycles. The van der Waals surface area contributed by atoms with Crippen LogP contribution in [0, 0.1) is 10.1 Å². The molecular formula is C13H14N4O3. The minimum atomic E-state index is -0.589. The average Bonchev–Trinajstić information content (AvgIpc) is 2.88. The van der Waals surface area contributed by atoms with Crippen LogP contribution in [0.15, 0.2) is 42.9 Å². The molecule has 0 fully saturated rings. The van der Waals surface area contributed by atoms with Gasteiger partial charge < -0.3 is 19.6 Å². The van der Waals surface area contributed by atoms with Crippen molar-refractivity contribution in [3.8, 4) is 0 Å². The molecule has 2 rings (SSSR count). The molecule has 0 N–H and O–H groups in total. The lowest BCUT2D eigenvalue weighted by molar-refractivity contribution is -0.389. The summed E-state index contributed by atoms with van der Waals surface area (Å²) in [6.45, 7) is 0.528. The molecule has 0 radical (unpaired) electrons. The van der Waals surface area contributed by atoms with Crippen molar-refractivity contribution in [2.24, 2.45) is 0 Å². The fraction of sp³-hybridized carbons (Fsp3) is 0.231. The Hall–Kier alpha value is -2.70. The van der Waals surface area contributed by atoms with Crippen LogP contribution in [0.25, 0.3) is 0 Å². The van der Waals surface area contributed by atoms with E-state index in [1.165, 1.54) is 17.1 Å². The summed E-state index contributed by atoms with van der Waals surface area (Å²) in [6, 6.07) is 9.60. The van der Waals surface area contributed by atoms with Crippen molar-refractivity contribution >= 4 is 11.7 Å². The van der Waals surface area contributed by atoms with Crippen LogP contribution < -0.4 is 0 Å². The van der Waals surface area contributed by atoms with E-state index in [0.717, 1.165) is 5.56 Å². The number of nitro groups is 1. The van der Waals surface area contributed by atoms with E-state index >= 15 is 0 Å². The fourth-order valence-electron chi connectivity index (χ4n) is 1.75. The van der Waals surface area contributed by atoms with Gasteiger partial charge in [0.05, 0.1) is 0 Å². The van der Waals surface area contributed by atoms with E-state index in [9.17, 15) is 14.9 Å². The van der Waals surface area contributed by atoms with E-state index in [-0.39, 0.29) is 18.3 Å². The first-order chi connectivity index (χ1) is 9.56. The summed E-state index contributed by atoms with van der Waals surface area (Å²) in [6.07, 6.45) is 2.53. The lowest BCUT2D eigenvalue weighted by Crippen LogP contribution is -2.29. The van der Waals surface area contributed by atoms with Gasteiger partial charge in [-0.2, -0.15) is 0 Å². The van der Waals surface area contributed by atoms with Crippen molar-refractivity contribution in [1.82, 2.24) is 14.5 Å². The summed E-state index contributed by atoms with van der Waals surface area (Å²) in [4.78, 5) is 27.1. The van der Waals surface area contributed by atoms with Crippen LogP contribution in [0.2, 0.25) is 0 Å². The van der Waals surface area contributed by atoms with Gasteiger partial charge in [0.15, 0.2) is 0 Å². The molecule has 0 bridgehead atoms. The van der Waals surface area contributed by atoms with Crippen LogP contribution in [-0.2, 0) is 17.9 Å². The van der Waals surface area contributed by atoms with Crippen molar-refractivity contribution in [2.75, 3.05) is 7.05 Å². The van der Waals surface area contributed by atoms with Gasteiger partial charge in [0.25, 0.3) is 0 Å². The second-order valence-corrected chi connectivity index (χ2v) is 4.40. The fourth-order valence-corrected chi connectivity index (χ4v) is 1.75. The molecule has 1 heterocycles. The second kappa shape index (κ2) is 5.96. The number of likely N-dealkylation sites (N-methyl/N-ethyl adjacent to an activating group) is 1. The van der Waals surface area contributed by atoms with Gasteiger partial charge in [-0.05, 0) is 15.5 Å². The standard InChI is InChI=1S/C13H14N4O3/c1-15(7-11-5-3-2-4-6-11)13(18)9-16-8-12(14-10-16)17(19)20/h2-6,8,10H,7,9H2,1H3. The van der Waals surface area contributed by atoms with Gasteiger partial charge in [-0.1, -0.05) is 30.3 Å². The quantitative estimate of drug-likeness (QED) is 0.610. The zero-order valence-electron chi connectivity index (χ0n) is 11.0. The summed E-state index contributed by atoms with van der Waals surface area (Å²) in [7, 11) is 1.70. The third-order valence-electron chi connectivity index (χ3n) is 2.81. The van der Waals surface area contributed by atoms with E-state index in [0.29, 0.717) is 6.54 Å². The van der Waals surface area contributed by atoms with Crippen LogP contribution in [-0.4, -0.2) is 32.3 Å². The zero-order chi connectivity index (χ0) is 14.5. The third-order valence-corrected chi connectivity index (χ3v) is 2.81. The molecule has 0 unspecified atom stereocenters. The number of hydrogen-bond donors (Lipinski definition) is 0. The van der Waals surface area contributed by atoms with Crippen LogP contribution in [0.3, 0.4) is 0 Å². The first-order valence-corrected chi connectivity index (χ1v) is 6.00. The number of rotatable bonds is 5. The smallest absolute Gasteiger partial charge is 0.358 e. The molecule has 7 heteroatoms. The Balaban J connectivity index is 1.95. The first-order valence-electron chi connectivity index (χ1n) is 6.00. The highest BCUT2D eigenvalue weighted by molar-refractivity contribution is 5.75. The highest BCUT2D eigenvalue weighted by atomic mass is 16.6. The minimum absolute atomic E-state index is 0.0319. The van der Waals surface area contributed by atoms with Gasteiger partial charge in [-0.25, -0.2) is 0 Å². The maximum Gasteiger partial charge on any atom is 0.381 e. The number of aromatic nitrogens is 2. The minimum Gasteiger partial charge on any atom is -0.358 e. The molecule has 20 heavy (non-hydrogen) atoms. The van der Waals surface area contributed by atoms with Crippen molar-refractivity contribution in [3.63, 3.8) is 0 Å². The molecule has 0 spiro atoms. The topological polar surface area (TPSA) is 81.3 Å². The molecule has 0 atom stereocenters. The lowest BCUT2D eigenvalue weighted by Gasteiger charge is -2.17. The number of imidazole rings is 1. The second-order valence-electron chi connectivity index (χ2n) is 4.40.